The molecule has 1 N–H and O–H groups in total. The SMILES string of the molecule is CCC(=O)C1=C(O)C(=O)N(c2cccc(Cl)c2C)C1c1ccco1. The summed E-state index contributed by atoms with van der Waals surface area (Å²) in [7, 11) is 0. The lowest BCUT2D eigenvalue weighted by Gasteiger charge is -2.26. The topological polar surface area (TPSA) is 70.8 Å². The monoisotopic (exact) mass is 345 g/mol. The summed E-state index contributed by atoms with van der Waals surface area (Å²) >= 11 is 6.17. The third-order valence-electron chi connectivity index (χ3n) is 4.14. The molecule has 0 aliphatic carbocycles. The van der Waals surface area contributed by atoms with E-state index in [4.69, 9.17) is 16.0 Å². The number of anilines is 1. The van der Waals surface area contributed by atoms with Gasteiger partial charge in [0, 0.05) is 17.1 Å². The zero-order chi connectivity index (χ0) is 17.4. The highest BCUT2D eigenvalue weighted by Gasteiger charge is 2.45. The Labute approximate surface area is 144 Å². The maximum atomic E-state index is 12.7. The Morgan fingerprint density at radius 2 is 2.08 bits per heavy atom. The predicted octanol–water partition coefficient (Wildman–Crippen LogP) is 4.12. The van der Waals surface area contributed by atoms with Crippen LogP contribution in [0.15, 0.2) is 52.3 Å². The summed E-state index contributed by atoms with van der Waals surface area (Å²) in [5.74, 6) is -1.07. The molecule has 0 bridgehead atoms. The van der Waals surface area contributed by atoms with Gasteiger partial charge in [-0.05, 0) is 36.8 Å². The van der Waals surface area contributed by atoms with Crippen molar-refractivity contribution in [2.45, 2.75) is 26.3 Å². The van der Waals surface area contributed by atoms with Crippen molar-refractivity contribution < 1.29 is 19.1 Å². The van der Waals surface area contributed by atoms with Crippen LogP contribution in [-0.2, 0) is 9.59 Å². The van der Waals surface area contributed by atoms with Gasteiger partial charge in [-0.25, -0.2) is 0 Å². The lowest BCUT2D eigenvalue weighted by atomic mass is 9.99. The highest BCUT2D eigenvalue weighted by Crippen LogP contribution is 2.43. The average molecular weight is 346 g/mol. The van der Waals surface area contributed by atoms with E-state index in [1.807, 2.05) is 0 Å². The molecule has 2 aromatic rings. The first-order chi connectivity index (χ1) is 11.5. The Morgan fingerprint density at radius 1 is 1.33 bits per heavy atom. The van der Waals surface area contributed by atoms with E-state index in [0.717, 1.165) is 0 Å². The third-order valence-corrected chi connectivity index (χ3v) is 4.55. The molecule has 1 aliphatic heterocycles. The number of furan rings is 1. The molecule has 0 saturated heterocycles. The van der Waals surface area contributed by atoms with Gasteiger partial charge in [0.05, 0.1) is 11.8 Å². The minimum Gasteiger partial charge on any atom is -0.503 e. The second-order valence-corrected chi connectivity index (χ2v) is 5.92. The fraction of sp³-hybridized carbons (Fsp3) is 0.222. The molecule has 0 saturated carbocycles. The van der Waals surface area contributed by atoms with Crippen molar-refractivity contribution >= 4 is 29.0 Å². The van der Waals surface area contributed by atoms with Gasteiger partial charge in [-0.1, -0.05) is 24.6 Å². The van der Waals surface area contributed by atoms with Crippen molar-refractivity contribution in [3.63, 3.8) is 0 Å². The Bertz CT molecular complexity index is 839. The number of aliphatic hydroxyl groups excluding tert-OH is 1. The summed E-state index contributed by atoms with van der Waals surface area (Å²) in [6.07, 6.45) is 1.64. The number of carbonyl (C=O) groups excluding carboxylic acids is 2. The molecule has 3 rings (SSSR count). The van der Waals surface area contributed by atoms with Crippen LogP contribution < -0.4 is 4.90 Å². The molecule has 0 fully saturated rings. The maximum absolute atomic E-state index is 12.7. The molecule has 5 nitrogen and oxygen atoms in total. The van der Waals surface area contributed by atoms with E-state index >= 15 is 0 Å². The lowest BCUT2D eigenvalue weighted by Crippen LogP contribution is -2.31. The van der Waals surface area contributed by atoms with Crippen molar-refractivity contribution in [2.24, 2.45) is 0 Å². The predicted molar refractivity (Wildman–Crippen MR) is 90.1 cm³/mol. The van der Waals surface area contributed by atoms with E-state index in [1.165, 1.54) is 11.2 Å². The smallest absolute Gasteiger partial charge is 0.294 e. The molecule has 1 aromatic heterocycles. The third kappa shape index (κ3) is 2.41. The molecular weight excluding hydrogens is 330 g/mol. The summed E-state index contributed by atoms with van der Waals surface area (Å²) in [5, 5.41) is 10.8. The Kier molecular flexibility index (Phi) is 4.20. The number of benzene rings is 1. The highest BCUT2D eigenvalue weighted by atomic mass is 35.5. The molecule has 1 aromatic carbocycles. The van der Waals surface area contributed by atoms with E-state index in [1.54, 1.807) is 44.2 Å². The molecule has 6 heteroatoms. The van der Waals surface area contributed by atoms with Crippen molar-refractivity contribution in [1.82, 2.24) is 0 Å². The van der Waals surface area contributed by atoms with Gasteiger partial charge < -0.3 is 9.52 Å². The number of hydrogen-bond donors (Lipinski definition) is 1. The van der Waals surface area contributed by atoms with Gasteiger partial charge in [0.25, 0.3) is 5.91 Å². The van der Waals surface area contributed by atoms with Crippen molar-refractivity contribution in [3.05, 3.63) is 64.3 Å². The van der Waals surface area contributed by atoms with Crippen LogP contribution in [0.4, 0.5) is 5.69 Å². The van der Waals surface area contributed by atoms with Crippen LogP contribution in [0.1, 0.15) is 30.7 Å². The molecule has 0 radical (unpaired) electrons. The number of carbonyl (C=O) groups is 2. The fourth-order valence-corrected chi connectivity index (χ4v) is 3.07. The van der Waals surface area contributed by atoms with Gasteiger partial charge in [-0.2, -0.15) is 0 Å². The number of nitrogens with zero attached hydrogens (tertiary/aromatic N) is 1. The van der Waals surface area contributed by atoms with Crippen LogP contribution in [0.3, 0.4) is 0 Å². The summed E-state index contributed by atoms with van der Waals surface area (Å²) in [6.45, 7) is 3.46. The number of amides is 1. The van der Waals surface area contributed by atoms with E-state index in [0.29, 0.717) is 22.0 Å². The number of halogens is 1. The lowest BCUT2D eigenvalue weighted by molar-refractivity contribution is -0.118. The van der Waals surface area contributed by atoms with Gasteiger partial charge in [0.15, 0.2) is 11.5 Å². The van der Waals surface area contributed by atoms with Crippen molar-refractivity contribution in [2.75, 3.05) is 4.90 Å². The second-order valence-electron chi connectivity index (χ2n) is 5.52. The molecule has 1 atom stereocenters. The first kappa shape index (κ1) is 16.3. The fourth-order valence-electron chi connectivity index (χ4n) is 2.90. The second kappa shape index (κ2) is 6.17. The summed E-state index contributed by atoms with van der Waals surface area (Å²) < 4.78 is 5.44. The number of rotatable bonds is 4. The summed E-state index contributed by atoms with van der Waals surface area (Å²) in [4.78, 5) is 26.4. The van der Waals surface area contributed by atoms with E-state index in [2.05, 4.69) is 0 Å². The van der Waals surface area contributed by atoms with E-state index in [-0.39, 0.29) is 17.8 Å². The average Bonchev–Trinajstić information content (AvgIpc) is 3.18. The van der Waals surface area contributed by atoms with Crippen LogP contribution in [-0.4, -0.2) is 16.8 Å². The molecule has 1 aliphatic rings. The zero-order valence-corrected chi connectivity index (χ0v) is 14.0. The summed E-state index contributed by atoms with van der Waals surface area (Å²) in [6, 6.07) is 7.69. The van der Waals surface area contributed by atoms with Crippen molar-refractivity contribution in [1.29, 1.82) is 0 Å². The van der Waals surface area contributed by atoms with Crippen LogP contribution in [0.2, 0.25) is 5.02 Å². The number of ketones is 1. The number of Topliss-reactive ketones (excluding diaryl/α,β-unsaturated/α-hetero) is 1. The molecule has 0 spiro atoms. The Morgan fingerprint density at radius 3 is 2.71 bits per heavy atom. The molecular formula is C18H16ClNO4. The highest BCUT2D eigenvalue weighted by molar-refractivity contribution is 6.32. The minimum absolute atomic E-state index is 0.0526. The molecule has 1 amide bonds. The van der Waals surface area contributed by atoms with Crippen LogP contribution in [0.25, 0.3) is 0 Å². The quantitative estimate of drug-likeness (QED) is 0.904. The zero-order valence-electron chi connectivity index (χ0n) is 13.2. The number of aliphatic hydroxyl groups is 1. The van der Waals surface area contributed by atoms with Gasteiger partial charge in [-0.3, -0.25) is 14.5 Å². The molecule has 2 heterocycles. The first-order valence-corrected chi connectivity index (χ1v) is 7.93. The summed E-state index contributed by atoms with van der Waals surface area (Å²) in [5.41, 5.74) is 1.26. The standard InChI is InChI=1S/C18H16ClNO4/c1-3-13(21)15-16(14-8-5-9-24-14)20(18(23)17(15)22)12-7-4-6-11(19)10(12)2/h4-9,16,22H,3H2,1-2H3. The normalized spacial score (nSPS) is 17.7. The van der Waals surface area contributed by atoms with Crippen LogP contribution in [0, 0.1) is 6.92 Å². The largest absolute Gasteiger partial charge is 0.503 e. The van der Waals surface area contributed by atoms with E-state index < -0.39 is 17.7 Å². The minimum atomic E-state index is -0.808. The van der Waals surface area contributed by atoms with Gasteiger partial charge in [0.1, 0.15) is 11.8 Å². The van der Waals surface area contributed by atoms with Gasteiger partial charge >= 0.3 is 0 Å². The Balaban J connectivity index is 2.21. The van der Waals surface area contributed by atoms with Gasteiger partial charge in [0.2, 0.25) is 0 Å². The molecule has 1 unspecified atom stereocenters. The first-order valence-electron chi connectivity index (χ1n) is 7.55. The van der Waals surface area contributed by atoms with Crippen LogP contribution >= 0.6 is 11.6 Å². The maximum Gasteiger partial charge on any atom is 0.294 e. The number of hydrogen-bond acceptors (Lipinski definition) is 4. The van der Waals surface area contributed by atoms with Gasteiger partial charge in [-0.15, -0.1) is 0 Å². The molecule has 24 heavy (non-hydrogen) atoms. The Hall–Kier alpha value is -2.53. The van der Waals surface area contributed by atoms with E-state index in [9.17, 15) is 14.7 Å². The van der Waals surface area contributed by atoms with Crippen LogP contribution in [0.5, 0.6) is 0 Å². The van der Waals surface area contributed by atoms with Crippen molar-refractivity contribution in [3.8, 4) is 0 Å². The molecule has 124 valence electrons.